The second-order valence-corrected chi connectivity index (χ2v) is 2.98. The van der Waals surface area contributed by atoms with E-state index in [9.17, 15) is 23.2 Å². The molecule has 110 valence electrons. The molecule has 0 aliphatic carbocycles. The number of carboxylic acid groups (broad SMARTS) is 3. The van der Waals surface area contributed by atoms with E-state index in [-0.39, 0.29) is 13.0 Å². The number of hydrogen-bond donors (Lipinski definition) is 5. The Bertz CT molecular complexity index is 319. The Kier molecular flexibility index (Phi) is 11.0. The van der Waals surface area contributed by atoms with Crippen molar-refractivity contribution in [1.82, 2.24) is 5.32 Å². The van der Waals surface area contributed by atoms with Gasteiger partial charge in [-0.05, 0) is 13.0 Å². The zero-order valence-electron chi connectivity index (χ0n) is 9.62. The van der Waals surface area contributed by atoms with Crippen LogP contribution in [0.25, 0.3) is 0 Å². The van der Waals surface area contributed by atoms with Crippen molar-refractivity contribution in [1.29, 1.82) is 0 Å². The molecule has 0 aromatic heterocycles. The first-order valence-electron chi connectivity index (χ1n) is 4.82. The Morgan fingerprint density at radius 3 is 1.74 bits per heavy atom. The molecule has 0 rings (SSSR count). The molecule has 1 unspecified atom stereocenters. The van der Waals surface area contributed by atoms with E-state index in [2.05, 4.69) is 0 Å². The number of rotatable bonds is 6. The maximum absolute atomic E-state index is 11.9. The number of aliphatic carboxylic acids is 2. The highest BCUT2D eigenvalue weighted by atomic mass is 19.3. The van der Waals surface area contributed by atoms with Gasteiger partial charge in [0.15, 0.2) is 0 Å². The summed E-state index contributed by atoms with van der Waals surface area (Å²) in [6.07, 6.45) is -3.09. The third-order valence-corrected chi connectivity index (χ3v) is 1.46. The van der Waals surface area contributed by atoms with E-state index in [1.54, 1.807) is 5.32 Å². The molecule has 1 amide bonds. The van der Waals surface area contributed by atoms with E-state index in [0.29, 0.717) is 12.2 Å². The van der Waals surface area contributed by atoms with Gasteiger partial charge in [-0.15, -0.1) is 0 Å². The van der Waals surface area contributed by atoms with Crippen LogP contribution in [0, 0.1) is 0 Å². The predicted molar refractivity (Wildman–Crippen MR) is 59.0 cm³/mol. The SMILES string of the molecule is NCCC(NC(=O)O)C(F)F.O=C(O)/C=C\C(=O)O. The lowest BCUT2D eigenvalue weighted by Gasteiger charge is -2.13. The average molecular weight is 284 g/mol. The van der Waals surface area contributed by atoms with Crippen LogP contribution < -0.4 is 11.1 Å². The highest BCUT2D eigenvalue weighted by Crippen LogP contribution is 2.03. The molecule has 8 nitrogen and oxygen atoms in total. The number of nitrogens with two attached hydrogens (primary N) is 1. The van der Waals surface area contributed by atoms with Crippen LogP contribution in [0.1, 0.15) is 6.42 Å². The summed E-state index contributed by atoms with van der Waals surface area (Å²) in [6, 6.07) is -1.35. The minimum atomic E-state index is -2.70. The van der Waals surface area contributed by atoms with Gasteiger partial charge in [-0.3, -0.25) is 0 Å². The van der Waals surface area contributed by atoms with Crippen molar-refractivity contribution in [2.24, 2.45) is 5.73 Å². The first-order valence-corrected chi connectivity index (χ1v) is 4.82. The van der Waals surface area contributed by atoms with E-state index < -0.39 is 30.5 Å². The standard InChI is InChI=1S/C5H10F2N2O2.C4H4O4/c6-4(7)3(1-2-8)9-5(10)11;5-3(6)1-2-4(7)8/h3-4,9H,1-2,8H2,(H,10,11);1-2H,(H,5,6)(H,7,8)/b;2-1-. The molecule has 0 fully saturated rings. The summed E-state index contributed by atoms with van der Waals surface area (Å²) in [5, 5.41) is 25.4. The molecule has 0 spiro atoms. The van der Waals surface area contributed by atoms with E-state index in [4.69, 9.17) is 21.1 Å². The van der Waals surface area contributed by atoms with E-state index in [1.807, 2.05) is 0 Å². The van der Waals surface area contributed by atoms with Crippen molar-refractivity contribution >= 4 is 18.0 Å². The number of amides is 1. The van der Waals surface area contributed by atoms with Crippen molar-refractivity contribution in [2.75, 3.05) is 6.54 Å². The van der Waals surface area contributed by atoms with E-state index in [1.165, 1.54) is 0 Å². The molecule has 0 aromatic rings. The van der Waals surface area contributed by atoms with Crippen molar-refractivity contribution in [3.63, 3.8) is 0 Å². The molecule has 10 heteroatoms. The number of alkyl halides is 2. The van der Waals surface area contributed by atoms with E-state index >= 15 is 0 Å². The lowest BCUT2D eigenvalue weighted by molar-refractivity contribution is -0.134. The summed E-state index contributed by atoms with van der Waals surface area (Å²) in [6.45, 7) is 0.0370. The van der Waals surface area contributed by atoms with Gasteiger partial charge in [-0.25, -0.2) is 23.2 Å². The quantitative estimate of drug-likeness (QED) is 0.429. The monoisotopic (exact) mass is 284 g/mol. The Morgan fingerprint density at radius 2 is 1.53 bits per heavy atom. The maximum Gasteiger partial charge on any atom is 0.405 e. The van der Waals surface area contributed by atoms with Gasteiger partial charge in [0.05, 0.1) is 6.04 Å². The summed E-state index contributed by atoms with van der Waals surface area (Å²) < 4.78 is 23.7. The maximum atomic E-state index is 11.9. The Hall–Kier alpha value is -2.23. The molecular formula is C9H14F2N2O6. The van der Waals surface area contributed by atoms with E-state index in [0.717, 1.165) is 0 Å². The number of halogens is 2. The fourth-order valence-electron chi connectivity index (χ4n) is 0.742. The summed E-state index contributed by atoms with van der Waals surface area (Å²) in [4.78, 5) is 29.0. The number of hydrogen-bond acceptors (Lipinski definition) is 4. The second kappa shape index (κ2) is 10.9. The number of carboxylic acids is 2. The van der Waals surface area contributed by atoms with Gasteiger partial charge in [0.1, 0.15) is 0 Å². The van der Waals surface area contributed by atoms with Crippen LogP contribution in [0.5, 0.6) is 0 Å². The molecule has 0 saturated heterocycles. The molecule has 0 heterocycles. The van der Waals surface area contributed by atoms with Crippen LogP contribution in [0.3, 0.4) is 0 Å². The Labute approximate surface area is 106 Å². The van der Waals surface area contributed by atoms with Crippen molar-refractivity contribution in [3.8, 4) is 0 Å². The van der Waals surface area contributed by atoms with Crippen LogP contribution in [0.4, 0.5) is 13.6 Å². The van der Waals surface area contributed by atoms with Crippen LogP contribution >= 0.6 is 0 Å². The molecule has 0 radical (unpaired) electrons. The van der Waals surface area contributed by atoms with Crippen LogP contribution in [-0.4, -0.2) is 52.4 Å². The molecule has 0 aliphatic rings. The molecule has 0 aliphatic heterocycles. The second-order valence-electron chi connectivity index (χ2n) is 2.98. The molecular weight excluding hydrogens is 270 g/mol. The fraction of sp³-hybridized carbons (Fsp3) is 0.444. The molecule has 19 heavy (non-hydrogen) atoms. The van der Waals surface area contributed by atoms with Gasteiger partial charge in [-0.1, -0.05) is 0 Å². The zero-order chi connectivity index (χ0) is 15.4. The average Bonchev–Trinajstić information content (AvgIpc) is 2.26. The third-order valence-electron chi connectivity index (χ3n) is 1.46. The fourth-order valence-corrected chi connectivity index (χ4v) is 0.742. The summed E-state index contributed by atoms with van der Waals surface area (Å²) >= 11 is 0. The molecule has 0 bridgehead atoms. The minimum absolute atomic E-state index is 0.0370. The Balaban J connectivity index is 0. The zero-order valence-corrected chi connectivity index (χ0v) is 9.62. The lowest BCUT2D eigenvalue weighted by atomic mass is 10.2. The first-order chi connectivity index (χ1) is 8.70. The van der Waals surface area contributed by atoms with Gasteiger partial charge in [0.25, 0.3) is 6.43 Å². The van der Waals surface area contributed by atoms with Gasteiger partial charge in [0.2, 0.25) is 0 Å². The summed E-state index contributed by atoms with van der Waals surface area (Å²) in [5.74, 6) is -2.51. The smallest absolute Gasteiger partial charge is 0.405 e. The third kappa shape index (κ3) is 15.8. The van der Waals surface area contributed by atoms with Crippen molar-refractivity contribution in [3.05, 3.63) is 12.2 Å². The molecule has 6 N–H and O–H groups in total. The molecule has 0 saturated carbocycles. The van der Waals surface area contributed by atoms with Gasteiger partial charge in [0, 0.05) is 12.2 Å². The van der Waals surface area contributed by atoms with Gasteiger partial charge < -0.3 is 26.4 Å². The van der Waals surface area contributed by atoms with Gasteiger partial charge >= 0.3 is 18.0 Å². The largest absolute Gasteiger partial charge is 0.478 e. The molecule has 1 atom stereocenters. The first kappa shape index (κ1) is 19.1. The van der Waals surface area contributed by atoms with Gasteiger partial charge in [-0.2, -0.15) is 0 Å². The number of carbonyl (C=O) groups is 3. The minimum Gasteiger partial charge on any atom is -0.478 e. The van der Waals surface area contributed by atoms with Crippen molar-refractivity contribution < 1.29 is 38.5 Å². The topological polar surface area (TPSA) is 150 Å². The molecule has 0 aromatic carbocycles. The van der Waals surface area contributed by atoms with Crippen molar-refractivity contribution in [2.45, 2.75) is 18.9 Å². The Morgan fingerprint density at radius 1 is 1.11 bits per heavy atom. The van der Waals surface area contributed by atoms with Crippen LogP contribution in [0.2, 0.25) is 0 Å². The highest BCUT2D eigenvalue weighted by molar-refractivity contribution is 5.89. The number of nitrogens with one attached hydrogen (secondary N) is 1. The highest BCUT2D eigenvalue weighted by Gasteiger charge is 2.20. The van der Waals surface area contributed by atoms with Crippen LogP contribution in [-0.2, 0) is 9.59 Å². The summed E-state index contributed by atoms with van der Waals surface area (Å²) in [7, 11) is 0. The lowest BCUT2D eigenvalue weighted by Crippen LogP contribution is -2.40. The predicted octanol–water partition coefficient (Wildman–Crippen LogP) is -0.0517. The normalized spacial score (nSPS) is 11.6. The summed E-state index contributed by atoms with van der Waals surface area (Å²) in [5.41, 5.74) is 4.98. The van der Waals surface area contributed by atoms with Crippen LogP contribution in [0.15, 0.2) is 12.2 Å².